The lowest BCUT2D eigenvalue weighted by Gasteiger charge is -2.26. The van der Waals surface area contributed by atoms with E-state index in [4.69, 9.17) is 5.73 Å². The van der Waals surface area contributed by atoms with Crippen molar-refractivity contribution >= 4 is 0 Å². The second-order valence-electron chi connectivity index (χ2n) is 5.57. The van der Waals surface area contributed by atoms with Crippen molar-refractivity contribution in [2.45, 2.75) is 57.4 Å². The van der Waals surface area contributed by atoms with Crippen molar-refractivity contribution in [3.05, 3.63) is 0 Å². The van der Waals surface area contributed by atoms with Crippen LogP contribution in [-0.4, -0.2) is 19.1 Å². The van der Waals surface area contributed by atoms with Gasteiger partial charge in [-0.2, -0.15) is 0 Å². The molecule has 2 aliphatic rings. The van der Waals surface area contributed by atoms with E-state index in [0.29, 0.717) is 6.04 Å². The second kappa shape index (κ2) is 5.86. The third-order valence-electron chi connectivity index (χ3n) is 3.99. The van der Waals surface area contributed by atoms with Gasteiger partial charge in [0, 0.05) is 6.04 Å². The fourth-order valence-corrected chi connectivity index (χ4v) is 2.62. The van der Waals surface area contributed by atoms with Gasteiger partial charge in [-0.15, -0.1) is 0 Å². The molecule has 0 heterocycles. The fourth-order valence-electron chi connectivity index (χ4n) is 2.62. The van der Waals surface area contributed by atoms with Crippen LogP contribution in [0.3, 0.4) is 0 Å². The third-order valence-corrected chi connectivity index (χ3v) is 3.99. The van der Waals surface area contributed by atoms with Gasteiger partial charge in [-0.25, -0.2) is 0 Å². The summed E-state index contributed by atoms with van der Waals surface area (Å²) in [7, 11) is 0. The maximum absolute atomic E-state index is 5.89. The maximum atomic E-state index is 5.89. The number of rotatable bonds is 6. The molecule has 2 rings (SSSR count). The zero-order valence-corrected chi connectivity index (χ0v) is 9.88. The first-order valence-corrected chi connectivity index (χ1v) is 6.81. The highest BCUT2D eigenvalue weighted by Crippen LogP contribution is 2.33. The molecule has 2 nitrogen and oxygen atoms in total. The van der Waals surface area contributed by atoms with Gasteiger partial charge in [0.2, 0.25) is 0 Å². The maximum Gasteiger partial charge on any atom is 0.00390 e. The molecule has 0 aromatic heterocycles. The van der Waals surface area contributed by atoms with Crippen LogP contribution >= 0.6 is 0 Å². The summed E-state index contributed by atoms with van der Waals surface area (Å²) in [5.74, 6) is 2.00. The van der Waals surface area contributed by atoms with Crippen LogP contribution < -0.4 is 11.1 Å². The molecule has 0 aromatic rings. The Kier molecular flexibility index (Phi) is 4.45. The number of hydrogen-bond acceptors (Lipinski definition) is 2. The summed E-state index contributed by atoms with van der Waals surface area (Å²) in [6.07, 6.45) is 11.0. The van der Waals surface area contributed by atoms with Gasteiger partial charge in [0.05, 0.1) is 0 Å². The number of nitrogens with two attached hydrogens (primary N) is 1. The van der Waals surface area contributed by atoms with Gasteiger partial charge in [-0.1, -0.05) is 12.8 Å². The summed E-state index contributed by atoms with van der Waals surface area (Å²) >= 11 is 0. The molecule has 3 N–H and O–H groups in total. The van der Waals surface area contributed by atoms with Crippen molar-refractivity contribution in [1.82, 2.24) is 5.32 Å². The number of nitrogens with one attached hydrogen (secondary N) is 1. The molecule has 0 aliphatic heterocycles. The number of hydrogen-bond donors (Lipinski definition) is 2. The van der Waals surface area contributed by atoms with E-state index in [9.17, 15) is 0 Å². The van der Waals surface area contributed by atoms with E-state index in [2.05, 4.69) is 5.32 Å². The molecule has 15 heavy (non-hydrogen) atoms. The average Bonchev–Trinajstić information content (AvgIpc) is 3.04. The smallest absolute Gasteiger partial charge is 0.00390 e. The predicted octanol–water partition coefficient (Wildman–Crippen LogP) is 2.28. The van der Waals surface area contributed by atoms with Crippen LogP contribution in [0.15, 0.2) is 0 Å². The summed E-state index contributed by atoms with van der Waals surface area (Å²) in [4.78, 5) is 0. The zero-order chi connectivity index (χ0) is 10.5. The predicted molar refractivity (Wildman–Crippen MR) is 64.8 cm³/mol. The molecule has 0 aromatic carbocycles. The van der Waals surface area contributed by atoms with Gasteiger partial charge in [-0.05, 0) is 63.5 Å². The molecule has 88 valence electrons. The molecule has 0 spiro atoms. The molecule has 0 bridgehead atoms. The lowest BCUT2D eigenvalue weighted by atomic mass is 9.86. The van der Waals surface area contributed by atoms with E-state index in [1.807, 2.05) is 0 Å². The van der Waals surface area contributed by atoms with Gasteiger partial charge in [0.1, 0.15) is 0 Å². The van der Waals surface area contributed by atoms with E-state index < -0.39 is 0 Å². The minimum Gasteiger partial charge on any atom is -0.328 e. The summed E-state index contributed by atoms with van der Waals surface area (Å²) in [6, 6.07) is 0.496. The lowest BCUT2D eigenvalue weighted by molar-refractivity contribution is 0.314. The van der Waals surface area contributed by atoms with Crippen molar-refractivity contribution in [3.8, 4) is 0 Å². The van der Waals surface area contributed by atoms with E-state index in [0.717, 1.165) is 11.8 Å². The van der Waals surface area contributed by atoms with E-state index in [1.54, 1.807) is 0 Å². The Labute approximate surface area is 94.0 Å². The standard InChI is InChI=1S/C13H26N2/c14-13-7-5-12(6-8-13)10-15-9-1-2-11-3-4-11/h11-13,15H,1-10,14H2. The van der Waals surface area contributed by atoms with Crippen LogP contribution in [0, 0.1) is 11.8 Å². The normalized spacial score (nSPS) is 31.8. The molecule has 0 amide bonds. The van der Waals surface area contributed by atoms with Crippen LogP contribution in [0.25, 0.3) is 0 Å². The monoisotopic (exact) mass is 210 g/mol. The van der Waals surface area contributed by atoms with E-state index >= 15 is 0 Å². The highest BCUT2D eigenvalue weighted by molar-refractivity contribution is 4.76. The molecule has 2 fully saturated rings. The minimum absolute atomic E-state index is 0.496. The molecule has 0 saturated heterocycles. The lowest BCUT2D eigenvalue weighted by Crippen LogP contribution is -2.32. The SMILES string of the molecule is NC1CCC(CNCCCC2CC2)CC1. The van der Waals surface area contributed by atoms with E-state index in [-0.39, 0.29) is 0 Å². The van der Waals surface area contributed by atoms with Crippen molar-refractivity contribution in [2.24, 2.45) is 17.6 Å². The molecule has 0 unspecified atom stereocenters. The average molecular weight is 210 g/mol. The van der Waals surface area contributed by atoms with Crippen molar-refractivity contribution in [1.29, 1.82) is 0 Å². The second-order valence-corrected chi connectivity index (χ2v) is 5.57. The molecule has 0 radical (unpaired) electrons. The van der Waals surface area contributed by atoms with Crippen LogP contribution in [-0.2, 0) is 0 Å². The van der Waals surface area contributed by atoms with Gasteiger partial charge in [-0.3, -0.25) is 0 Å². The molecular weight excluding hydrogens is 184 g/mol. The first kappa shape index (κ1) is 11.4. The topological polar surface area (TPSA) is 38.0 Å². The highest BCUT2D eigenvalue weighted by atomic mass is 14.9. The Bertz CT molecular complexity index is 169. The van der Waals surface area contributed by atoms with Crippen LogP contribution in [0.1, 0.15) is 51.4 Å². The van der Waals surface area contributed by atoms with Gasteiger partial charge in [0.15, 0.2) is 0 Å². The Morgan fingerprint density at radius 3 is 2.27 bits per heavy atom. The van der Waals surface area contributed by atoms with Crippen molar-refractivity contribution in [2.75, 3.05) is 13.1 Å². The Morgan fingerprint density at radius 1 is 0.933 bits per heavy atom. The summed E-state index contributed by atoms with van der Waals surface area (Å²) in [5, 5.41) is 3.61. The molecule has 2 heteroatoms. The Morgan fingerprint density at radius 2 is 1.60 bits per heavy atom. The molecule has 2 saturated carbocycles. The van der Waals surface area contributed by atoms with Crippen LogP contribution in [0.5, 0.6) is 0 Å². The highest BCUT2D eigenvalue weighted by Gasteiger charge is 2.20. The summed E-state index contributed by atoms with van der Waals surface area (Å²) < 4.78 is 0. The van der Waals surface area contributed by atoms with Gasteiger partial charge in [0.25, 0.3) is 0 Å². The van der Waals surface area contributed by atoms with Gasteiger partial charge >= 0.3 is 0 Å². The first-order valence-electron chi connectivity index (χ1n) is 6.81. The minimum atomic E-state index is 0.496. The first-order chi connectivity index (χ1) is 7.34. The van der Waals surface area contributed by atoms with Crippen LogP contribution in [0.4, 0.5) is 0 Å². The quantitative estimate of drug-likeness (QED) is 0.660. The molecule has 2 aliphatic carbocycles. The fraction of sp³-hybridized carbons (Fsp3) is 1.00. The Balaban J connectivity index is 1.43. The Hall–Kier alpha value is -0.0800. The van der Waals surface area contributed by atoms with Gasteiger partial charge < -0.3 is 11.1 Å². The van der Waals surface area contributed by atoms with Crippen molar-refractivity contribution in [3.63, 3.8) is 0 Å². The zero-order valence-electron chi connectivity index (χ0n) is 9.88. The third kappa shape index (κ3) is 4.52. The molecule has 0 atom stereocenters. The molecular formula is C13H26N2. The summed E-state index contributed by atoms with van der Waals surface area (Å²) in [6.45, 7) is 2.47. The van der Waals surface area contributed by atoms with Crippen LogP contribution in [0.2, 0.25) is 0 Å². The largest absolute Gasteiger partial charge is 0.328 e. The van der Waals surface area contributed by atoms with E-state index in [1.165, 1.54) is 64.5 Å². The van der Waals surface area contributed by atoms with Crippen molar-refractivity contribution < 1.29 is 0 Å². The summed E-state index contributed by atoms with van der Waals surface area (Å²) in [5.41, 5.74) is 5.89.